The van der Waals surface area contributed by atoms with Crippen LogP contribution < -0.4 is 0 Å². The molecule has 0 spiro atoms. The van der Waals surface area contributed by atoms with Gasteiger partial charge in [-0.2, -0.15) is 4.31 Å². The van der Waals surface area contributed by atoms with Crippen LogP contribution in [0.15, 0.2) is 43.0 Å². The van der Waals surface area contributed by atoms with Gasteiger partial charge in [-0.05, 0) is 5.56 Å². The van der Waals surface area contributed by atoms with Crippen molar-refractivity contribution in [2.24, 2.45) is 0 Å². The highest BCUT2D eigenvalue weighted by Gasteiger charge is 2.25. The number of hydrogen-bond acceptors (Lipinski definition) is 4. The van der Waals surface area contributed by atoms with Gasteiger partial charge in [0.05, 0.1) is 12.8 Å². The zero-order valence-electron chi connectivity index (χ0n) is 14.1. The third-order valence-corrected chi connectivity index (χ3v) is 5.30. The molecule has 1 aromatic carbocycles. The first kappa shape index (κ1) is 18.6. The molecule has 0 radical (unpaired) electrons. The highest BCUT2D eigenvalue weighted by Crippen LogP contribution is 2.09. The van der Waals surface area contributed by atoms with Crippen molar-refractivity contribution in [3.8, 4) is 0 Å². The summed E-state index contributed by atoms with van der Waals surface area (Å²) >= 11 is 0. The molecule has 0 saturated carbocycles. The van der Waals surface area contributed by atoms with E-state index in [4.69, 9.17) is 0 Å². The number of amides is 1. The number of nitrogens with zero attached hydrogens (tertiary/aromatic N) is 3. The lowest BCUT2D eigenvalue weighted by Crippen LogP contribution is -2.51. The molecule has 0 unspecified atom stereocenters. The fourth-order valence-electron chi connectivity index (χ4n) is 2.71. The van der Waals surface area contributed by atoms with Crippen LogP contribution >= 0.6 is 0 Å². The van der Waals surface area contributed by atoms with E-state index in [1.54, 1.807) is 4.90 Å². The van der Waals surface area contributed by atoms with Crippen molar-refractivity contribution in [3.05, 3.63) is 48.6 Å². The minimum atomic E-state index is -3.41. The molecule has 6 nitrogen and oxygen atoms in total. The monoisotopic (exact) mass is 351 g/mol. The minimum absolute atomic E-state index is 0.121. The lowest BCUT2D eigenvalue weighted by molar-refractivity contribution is -0.133. The fourth-order valence-corrected chi connectivity index (χ4v) is 3.43. The summed E-state index contributed by atoms with van der Waals surface area (Å²) < 4.78 is 24.5. The van der Waals surface area contributed by atoms with Gasteiger partial charge < -0.3 is 4.90 Å². The van der Waals surface area contributed by atoms with Gasteiger partial charge in [0.25, 0.3) is 0 Å². The van der Waals surface area contributed by atoms with Crippen LogP contribution in [-0.2, 0) is 21.4 Å². The Hall–Kier alpha value is -1.70. The summed E-state index contributed by atoms with van der Waals surface area (Å²) in [5.74, 6) is -0.151. The Morgan fingerprint density at radius 1 is 1.21 bits per heavy atom. The van der Waals surface area contributed by atoms with Gasteiger partial charge in [-0.25, -0.2) is 8.42 Å². The topological polar surface area (TPSA) is 60.9 Å². The van der Waals surface area contributed by atoms with Gasteiger partial charge in [0.2, 0.25) is 15.9 Å². The predicted molar refractivity (Wildman–Crippen MR) is 94.9 cm³/mol. The molecule has 1 aromatic rings. The number of hydrogen-bond donors (Lipinski definition) is 0. The molecule has 1 fully saturated rings. The lowest BCUT2D eigenvalue weighted by atomic mass is 10.2. The molecule has 0 aliphatic carbocycles. The number of carbonyl (C=O) groups excluding carboxylic acids is 1. The van der Waals surface area contributed by atoms with Gasteiger partial charge in [-0.1, -0.05) is 36.4 Å². The number of benzene rings is 1. The largest absolute Gasteiger partial charge is 0.339 e. The molecule has 1 saturated heterocycles. The SMILES string of the molecule is C=CCN(CC(=O)N1CCN(Cc2ccccc2)CC1)S(C)(=O)=O. The van der Waals surface area contributed by atoms with Crippen molar-refractivity contribution in [3.63, 3.8) is 0 Å². The predicted octanol–water partition coefficient (Wildman–Crippen LogP) is 0.778. The van der Waals surface area contributed by atoms with E-state index >= 15 is 0 Å². The van der Waals surface area contributed by atoms with E-state index < -0.39 is 10.0 Å². The highest BCUT2D eigenvalue weighted by molar-refractivity contribution is 7.88. The molecule has 0 bridgehead atoms. The van der Waals surface area contributed by atoms with Crippen molar-refractivity contribution in [2.45, 2.75) is 6.54 Å². The normalized spacial score (nSPS) is 16.3. The summed E-state index contributed by atoms with van der Waals surface area (Å²) in [7, 11) is -3.41. The standard InChI is InChI=1S/C17H25N3O3S/c1-3-9-20(24(2,22)23)15-17(21)19-12-10-18(11-13-19)14-16-7-5-4-6-8-16/h3-8H,1,9-15H2,2H3. The lowest BCUT2D eigenvalue weighted by Gasteiger charge is -2.35. The summed E-state index contributed by atoms with van der Waals surface area (Å²) in [5.41, 5.74) is 1.26. The molecular formula is C17H25N3O3S. The smallest absolute Gasteiger partial charge is 0.237 e. The maximum atomic E-state index is 12.4. The summed E-state index contributed by atoms with van der Waals surface area (Å²) in [4.78, 5) is 16.4. The number of carbonyl (C=O) groups is 1. The van der Waals surface area contributed by atoms with Crippen LogP contribution in [0.1, 0.15) is 5.56 Å². The molecule has 0 atom stereocenters. The van der Waals surface area contributed by atoms with Crippen LogP contribution in [0.25, 0.3) is 0 Å². The van der Waals surface area contributed by atoms with E-state index in [1.165, 1.54) is 11.6 Å². The van der Waals surface area contributed by atoms with Gasteiger partial charge >= 0.3 is 0 Å². The Labute approximate surface area is 144 Å². The second-order valence-electron chi connectivity index (χ2n) is 5.99. The van der Waals surface area contributed by atoms with Crippen molar-refractivity contribution in [1.82, 2.24) is 14.1 Å². The van der Waals surface area contributed by atoms with Crippen LogP contribution in [0, 0.1) is 0 Å². The minimum Gasteiger partial charge on any atom is -0.339 e. The van der Waals surface area contributed by atoms with Gasteiger partial charge in [-0.3, -0.25) is 9.69 Å². The van der Waals surface area contributed by atoms with E-state index in [9.17, 15) is 13.2 Å². The second-order valence-corrected chi connectivity index (χ2v) is 7.97. The first-order valence-electron chi connectivity index (χ1n) is 8.00. The van der Waals surface area contributed by atoms with Gasteiger partial charge in [0.15, 0.2) is 0 Å². The first-order valence-corrected chi connectivity index (χ1v) is 9.85. The maximum Gasteiger partial charge on any atom is 0.237 e. The second kappa shape index (κ2) is 8.41. The van der Waals surface area contributed by atoms with Crippen LogP contribution in [0.2, 0.25) is 0 Å². The Balaban J connectivity index is 1.85. The third-order valence-electron chi connectivity index (χ3n) is 4.09. The first-order chi connectivity index (χ1) is 11.4. The van der Waals surface area contributed by atoms with Gasteiger partial charge in [-0.15, -0.1) is 6.58 Å². The highest BCUT2D eigenvalue weighted by atomic mass is 32.2. The zero-order valence-corrected chi connectivity index (χ0v) is 14.9. The van der Waals surface area contributed by atoms with E-state index in [0.717, 1.165) is 30.2 Å². The average molecular weight is 351 g/mol. The summed E-state index contributed by atoms with van der Waals surface area (Å²) in [6.07, 6.45) is 2.60. The van der Waals surface area contributed by atoms with Gasteiger partial charge in [0.1, 0.15) is 0 Å². The number of piperazine rings is 1. The molecule has 24 heavy (non-hydrogen) atoms. The molecule has 132 valence electrons. The fraction of sp³-hybridized carbons (Fsp3) is 0.471. The van der Waals surface area contributed by atoms with Crippen molar-refractivity contribution in [1.29, 1.82) is 0 Å². The average Bonchev–Trinajstić information content (AvgIpc) is 2.55. The summed E-state index contributed by atoms with van der Waals surface area (Å²) in [5, 5.41) is 0. The van der Waals surface area contributed by atoms with Crippen molar-refractivity contribution >= 4 is 15.9 Å². The molecule has 1 heterocycles. The summed E-state index contributed by atoms with van der Waals surface area (Å²) in [6, 6.07) is 10.2. The van der Waals surface area contributed by atoms with Crippen LogP contribution in [0.3, 0.4) is 0 Å². The molecule has 1 amide bonds. The quantitative estimate of drug-likeness (QED) is 0.681. The molecule has 2 rings (SSSR count). The summed E-state index contributed by atoms with van der Waals surface area (Å²) in [6.45, 7) is 7.28. The maximum absolute atomic E-state index is 12.4. The number of sulfonamides is 1. The van der Waals surface area contributed by atoms with Crippen LogP contribution in [-0.4, -0.2) is 74.0 Å². The Morgan fingerprint density at radius 3 is 2.38 bits per heavy atom. The molecule has 0 aromatic heterocycles. The van der Waals surface area contributed by atoms with E-state index in [-0.39, 0.29) is 19.0 Å². The van der Waals surface area contributed by atoms with Crippen LogP contribution in [0.5, 0.6) is 0 Å². The molecular weight excluding hydrogens is 326 g/mol. The zero-order chi connectivity index (χ0) is 17.6. The molecule has 7 heteroatoms. The van der Waals surface area contributed by atoms with E-state index in [1.807, 2.05) is 18.2 Å². The molecule has 1 aliphatic rings. The third kappa shape index (κ3) is 5.43. The van der Waals surface area contributed by atoms with Crippen molar-refractivity contribution in [2.75, 3.05) is 45.5 Å². The van der Waals surface area contributed by atoms with E-state index in [0.29, 0.717) is 13.1 Å². The van der Waals surface area contributed by atoms with Gasteiger partial charge in [0, 0.05) is 39.3 Å². The Kier molecular flexibility index (Phi) is 6.53. The molecule has 0 N–H and O–H groups in total. The Morgan fingerprint density at radius 2 is 1.83 bits per heavy atom. The van der Waals surface area contributed by atoms with E-state index in [2.05, 4.69) is 23.6 Å². The number of rotatable bonds is 7. The van der Waals surface area contributed by atoms with Crippen molar-refractivity contribution < 1.29 is 13.2 Å². The Bertz CT molecular complexity index is 653. The van der Waals surface area contributed by atoms with Crippen LogP contribution in [0.4, 0.5) is 0 Å². The molecule has 1 aliphatic heterocycles.